The molecule has 0 aromatic heterocycles. The molecule has 0 atom stereocenters. The van der Waals surface area contributed by atoms with Crippen LogP contribution in [0.4, 0.5) is 0 Å². The molecule has 6 heteroatoms. The summed E-state index contributed by atoms with van der Waals surface area (Å²) in [5.41, 5.74) is 3.28. The van der Waals surface area contributed by atoms with Crippen molar-refractivity contribution in [1.29, 1.82) is 0 Å². The van der Waals surface area contributed by atoms with E-state index in [0.29, 0.717) is 22.5 Å². The predicted octanol–water partition coefficient (Wildman–Crippen LogP) is 5.85. The molecular formula is C21H25Cl2NO2S. The molecule has 146 valence electrons. The average molecular weight is 426 g/mol. The third-order valence-electron chi connectivity index (χ3n) is 3.99. The van der Waals surface area contributed by atoms with Gasteiger partial charge in [-0.3, -0.25) is 4.79 Å². The van der Waals surface area contributed by atoms with Crippen LogP contribution in [0.15, 0.2) is 36.4 Å². The highest BCUT2D eigenvalue weighted by Gasteiger charge is 2.10. The SMILES string of the molecule is Cc1ccc(C(C)C)c(OCC(=O)NCCSCc2ccc(Cl)cc2Cl)c1. The molecule has 27 heavy (non-hydrogen) atoms. The first-order chi connectivity index (χ1) is 12.9. The van der Waals surface area contributed by atoms with Gasteiger partial charge < -0.3 is 10.1 Å². The standard InChI is InChI=1S/C21H25Cl2NO2S/c1-14(2)18-7-4-15(3)10-20(18)26-12-21(25)24-8-9-27-13-16-5-6-17(22)11-19(16)23/h4-7,10-11,14H,8-9,12-13H2,1-3H3,(H,24,25). The molecule has 0 spiro atoms. The molecule has 0 radical (unpaired) electrons. The molecule has 1 amide bonds. The number of rotatable bonds is 9. The summed E-state index contributed by atoms with van der Waals surface area (Å²) in [5, 5.41) is 4.19. The van der Waals surface area contributed by atoms with Crippen molar-refractivity contribution < 1.29 is 9.53 Å². The number of amides is 1. The normalized spacial score (nSPS) is 10.9. The van der Waals surface area contributed by atoms with Crippen molar-refractivity contribution in [3.05, 3.63) is 63.1 Å². The third kappa shape index (κ3) is 7.28. The van der Waals surface area contributed by atoms with E-state index >= 15 is 0 Å². The lowest BCUT2D eigenvalue weighted by Crippen LogP contribution is -2.30. The molecule has 0 aliphatic heterocycles. The number of nitrogens with one attached hydrogen (secondary N) is 1. The maximum absolute atomic E-state index is 12.0. The van der Waals surface area contributed by atoms with E-state index in [-0.39, 0.29) is 12.5 Å². The first-order valence-electron chi connectivity index (χ1n) is 8.88. The van der Waals surface area contributed by atoms with Crippen LogP contribution in [0, 0.1) is 6.92 Å². The van der Waals surface area contributed by atoms with Crippen LogP contribution < -0.4 is 10.1 Å². The molecule has 2 aromatic rings. The van der Waals surface area contributed by atoms with E-state index in [0.717, 1.165) is 33.9 Å². The van der Waals surface area contributed by atoms with Crippen LogP contribution in [0.2, 0.25) is 10.0 Å². The predicted molar refractivity (Wildman–Crippen MR) is 116 cm³/mol. The van der Waals surface area contributed by atoms with Gasteiger partial charge in [0.25, 0.3) is 5.91 Å². The molecule has 0 aliphatic carbocycles. The van der Waals surface area contributed by atoms with Crippen molar-refractivity contribution in [2.24, 2.45) is 0 Å². The van der Waals surface area contributed by atoms with E-state index in [1.54, 1.807) is 17.8 Å². The monoisotopic (exact) mass is 425 g/mol. The Balaban J connectivity index is 1.70. The van der Waals surface area contributed by atoms with Gasteiger partial charge in [-0.05, 0) is 47.7 Å². The van der Waals surface area contributed by atoms with Gasteiger partial charge in [0.2, 0.25) is 0 Å². The van der Waals surface area contributed by atoms with Crippen molar-refractivity contribution in [3.63, 3.8) is 0 Å². The van der Waals surface area contributed by atoms with Gasteiger partial charge in [-0.25, -0.2) is 0 Å². The van der Waals surface area contributed by atoms with Crippen LogP contribution in [-0.4, -0.2) is 24.8 Å². The third-order valence-corrected chi connectivity index (χ3v) is 5.59. The summed E-state index contributed by atoms with van der Waals surface area (Å²) in [5.74, 6) is 2.60. The lowest BCUT2D eigenvalue weighted by molar-refractivity contribution is -0.122. The maximum Gasteiger partial charge on any atom is 0.257 e. The summed E-state index contributed by atoms with van der Waals surface area (Å²) >= 11 is 13.8. The van der Waals surface area contributed by atoms with E-state index in [2.05, 4.69) is 31.3 Å². The number of halogens is 2. The van der Waals surface area contributed by atoms with E-state index in [1.807, 2.05) is 25.1 Å². The van der Waals surface area contributed by atoms with Crippen LogP contribution in [0.25, 0.3) is 0 Å². The highest BCUT2D eigenvalue weighted by molar-refractivity contribution is 7.98. The minimum atomic E-state index is -0.115. The van der Waals surface area contributed by atoms with Crippen LogP contribution in [-0.2, 0) is 10.5 Å². The zero-order valence-corrected chi connectivity index (χ0v) is 18.2. The second-order valence-corrected chi connectivity index (χ2v) is 8.57. The fraction of sp³-hybridized carbons (Fsp3) is 0.381. The molecule has 0 aliphatic rings. The number of ether oxygens (including phenoxy) is 1. The van der Waals surface area contributed by atoms with E-state index in [4.69, 9.17) is 27.9 Å². The van der Waals surface area contributed by atoms with Gasteiger partial charge in [-0.2, -0.15) is 11.8 Å². The van der Waals surface area contributed by atoms with Crippen molar-refractivity contribution in [1.82, 2.24) is 5.32 Å². The van der Waals surface area contributed by atoms with Crippen LogP contribution >= 0.6 is 35.0 Å². The first kappa shape index (κ1) is 21.9. The largest absolute Gasteiger partial charge is 0.483 e. The fourth-order valence-corrected chi connectivity index (χ4v) is 3.94. The number of benzene rings is 2. The summed E-state index contributed by atoms with van der Waals surface area (Å²) in [7, 11) is 0. The van der Waals surface area contributed by atoms with Crippen LogP contribution in [0.3, 0.4) is 0 Å². The summed E-state index contributed by atoms with van der Waals surface area (Å²) in [6.07, 6.45) is 0. The molecule has 0 saturated heterocycles. The van der Waals surface area contributed by atoms with E-state index in [1.165, 1.54) is 0 Å². The minimum absolute atomic E-state index is 0.0247. The Morgan fingerprint density at radius 3 is 2.67 bits per heavy atom. The van der Waals surface area contributed by atoms with E-state index < -0.39 is 0 Å². The second-order valence-electron chi connectivity index (χ2n) is 6.62. The van der Waals surface area contributed by atoms with Crippen LogP contribution in [0.1, 0.15) is 36.5 Å². The molecule has 2 rings (SSSR count). The van der Waals surface area contributed by atoms with Gasteiger partial charge in [-0.1, -0.05) is 55.2 Å². The quantitative estimate of drug-likeness (QED) is 0.511. The molecule has 0 bridgehead atoms. The van der Waals surface area contributed by atoms with Gasteiger partial charge in [0.1, 0.15) is 5.75 Å². The number of hydrogen-bond donors (Lipinski definition) is 1. The smallest absolute Gasteiger partial charge is 0.257 e. The Labute approximate surface area is 175 Å². The van der Waals surface area contributed by atoms with Crippen molar-refractivity contribution >= 4 is 40.9 Å². The lowest BCUT2D eigenvalue weighted by atomic mass is 10.0. The molecular weight excluding hydrogens is 401 g/mol. The maximum atomic E-state index is 12.0. The Hall–Kier alpha value is -1.36. The summed E-state index contributed by atoms with van der Waals surface area (Å²) in [6, 6.07) is 11.6. The Bertz CT molecular complexity index is 781. The fourth-order valence-electron chi connectivity index (χ4n) is 2.52. The van der Waals surface area contributed by atoms with Gasteiger partial charge in [0, 0.05) is 28.1 Å². The van der Waals surface area contributed by atoms with Gasteiger partial charge in [-0.15, -0.1) is 0 Å². The van der Waals surface area contributed by atoms with Crippen molar-refractivity contribution in [3.8, 4) is 5.75 Å². The number of aryl methyl sites for hydroxylation is 1. The summed E-state index contributed by atoms with van der Waals surface area (Å²) in [4.78, 5) is 12.0. The zero-order chi connectivity index (χ0) is 19.8. The molecule has 0 saturated carbocycles. The Kier molecular flexibility index (Phi) is 8.81. The minimum Gasteiger partial charge on any atom is -0.483 e. The molecule has 0 fully saturated rings. The number of carbonyl (C=O) groups is 1. The molecule has 1 N–H and O–H groups in total. The summed E-state index contributed by atoms with van der Waals surface area (Å²) in [6.45, 7) is 6.85. The second kappa shape index (κ2) is 10.8. The average Bonchev–Trinajstić information content (AvgIpc) is 2.61. The Morgan fingerprint density at radius 2 is 1.96 bits per heavy atom. The molecule has 0 unspecified atom stereocenters. The molecule has 2 aromatic carbocycles. The highest BCUT2D eigenvalue weighted by Crippen LogP contribution is 2.27. The van der Waals surface area contributed by atoms with Crippen molar-refractivity contribution in [2.45, 2.75) is 32.4 Å². The first-order valence-corrected chi connectivity index (χ1v) is 10.8. The van der Waals surface area contributed by atoms with Gasteiger partial charge >= 0.3 is 0 Å². The topological polar surface area (TPSA) is 38.3 Å². The number of thioether (sulfide) groups is 1. The highest BCUT2D eigenvalue weighted by atomic mass is 35.5. The lowest BCUT2D eigenvalue weighted by Gasteiger charge is -2.14. The van der Waals surface area contributed by atoms with Crippen LogP contribution in [0.5, 0.6) is 5.75 Å². The van der Waals surface area contributed by atoms with Gasteiger partial charge in [0.05, 0.1) is 0 Å². The van der Waals surface area contributed by atoms with Crippen molar-refractivity contribution in [2.75, 3.05) is 18.9 Å². The summed E-state index contributed by atoms with van der Waals surface area (Å²) < 4.78 is 5.75. The van der Waals surface area contributed by atoms with E-state index in [9.17, 15) is 4.79 Å². The van der Waals surface area contributed by atoms with Gasteiger partial charge in [0.15, 0.2) is 6.61 Å². The zero-order valence-electron chi connectivity index (χ0n) is 15.9. The molecule has 0 heterocycles. The molecule has 3 nitrogen and oxygen atoms in total. The Morgan fingerprint density at radius 1 is 1.19 bits per heavy atom. The number of carbonyl (C=O) groups excluding carboxylic acids is 1. The number of hydrogen-bond acceptors (Lipinski definition) is 3.